The van der Waals surface area contributed by atoms with Crippen molar-refractivity contribution in [2.75, 3.05) is 24.3 Å². The van der Waals surface area contributed by atoms with Gasteiger partial charge in [0.15, 0.2) is 0 Å². The largest absolute Gasteiger partial charge is 0.465 e. The van der Waals surface area contributed by atoms with Gasteiger partial charge in [0.25, 0.3) is 5.91 Å². The number of aromatic nitrogens is 1. The Morgan fingerprint density at radius 3 is 2.59 bits per heavy atom. The first-order chi connectivity index (χ1) is 14.1. The molecule has 0 saturated carbocycles. The van der Waals surface area contributed by atoms with Crippen LogP contribution >= 0.6 is 0 Å². The number of benzene rings is 2. The van der Waals surface area contributed by atoms with Crippen LogP contribution in [0.1, 0.15) is 26.4 Å². The van der Waals surface area contributed by atoms with E-state index in [1.165, 1.54) is 19.2 Å². The number of hydrogen-bond acceptors (Lipinski definition) is 5. The van der Waals surface area contributed by atoms with Crippen LogP contribution in [-0.4, -0.2) is 30.5 Å². The number of rotatable bonds is 7. The fourth-order valence-corrected chi connectivity index (χ4v) is 2.71. The first-order valence-corrected chi connectivity index (χ1v) is 9.00. The summed E-state index contributed by atoms with van der Waals surface area (Å²) < 4.78 is 18.3. The number of esters is 1. The third kappa shape index (κ3) is 5.38. The molecule has 7 heteroatoms. The van der Waals surface area contributed by atoms with Gasteiger partial charge < -0.3 is 15.4 Å². The van der Waals surface area contributed by atoms with Crippen molar-refractivity contribution in [3.05, 3.63) is 89.5 Å². The number of hydrogen-bond donors (Lipinski definition) is 2. The first kappa shape index (κ1) is 20.0. The Balaban J connectivity index is 1.56. The molecule has 0 saturated heterocycles. The molecule has 0 aliphatic rings. The Hall–Kier alpha value is -3.74. The van der Waals surface area contributed by atoms with Crippen LogP contribution in [0.2, 0.25) is 0 Å². The minimum Gasteiger partial charge on any atom is -0.465 e. The van der Waals surface area contributed by atoms with Gasteiger partial charge in [-0.2, -0.15) is 0 Å². The lowest BCUT2D eigenvalue weighted by molar-refractivity contribution is 0.0600. The molecule has 0 fully saturated rings. The van der Waals surface area contributed by atoms with Crippen LogP contribution in [0.5, 0.6) is 0 Å². The highest BCUT2D eigenvalue weighted by molar-refractivity contribution is 6.03. The van der Waals surface area contributed by atoms with Crippen molar-refractivity contribution in [1.82, 2.24) is 4.98 Å². The third-order valence-electron chi connectivity index (χ3n) is 4.22. The second-order valence-electron chi connectivity index (χ2n) is 6.23. The summed E-state index contributed by atoms with van der Waals surface area (Å²) >= 11 is 0. The van der Waals surface area contributed by atoms with Gasteiger partial charge in [-0.25, -0.2) is 14.2 Å². The molecular formula is C22H20FN3O3. The lowest BCUT2D eigenvalue weighted by Gasteiger charge is -2.09. The van der Waals surface area contributed by atoms with Crippen LogP contribution in [0.3, 0.4) is 0 Å². The molecule has 148 valence electrons. The number of pyridine rings is 1. The number of amides is 1. The predicted octanol–water partition coefficient (Wildman–Crippen LogP) is 3.91. The highest BCUT2D eigenvalue weighted by Gasteiger charge is 2.10. The molecular weight excluding hydrogens is 373 g/mol. The van der Waals surface area contributed by atoms with Crippen molar-refractivity contribution in [3.63, 3.8) is 0 Å². The molecule has 0 spiro atoms. The quantitative estimate of drug-likeness (QED) is 0.595. The molecule has 2 N–H and O–H groups in total. The summed E-state index contributed by atoms with van der Waals surface area (Å²) in [6.07, 6.45) is 2.08. The van der Waals surface area contributed by atoms with Crippen molar-refractivity contribution < 1.29 is 18.7 Å². The van der Waals surface area contributed by atoms with Crippen LogP contribution in [0.25, 0.3) is 0 Å². The van der Waals surface area contributed by atoms with Gasteiger partial charge in [0, 0.05) is 12.2 Å². The molecule has 3 rings (SSSR count). The summed E-state index contributed by atoms with van der Waals surface area (Å²) in [7, 11) is 1.30. The number of nitrogens with zero attached hydrogens (tertiary/aromatic N) is 1. The van der Waals surface area contributed by atoms with Crippen molar-refractivity contribution in [1.29, 1.82) is 0 Å². The fourth-order valence-electron chi connectivity index (χ4n) is 2.71. The van der Waals surface area contributed by atoms with E-state index >= 15 is 0 Å². The SMILES string of the molecule is COC(=O)c1cccc(NC(=O)c2ccc(NCCc3ccccc3F)cn2)c1. The second-order valence-corrected chi connectivity index (χ2v) is 6.23. The highest BCUT2D eigenvalue weighted by atomic mass is 19.1. The van der Waals surface area contributed by atoms with Crippen LogP contribution in [0.15, 0.2) is 66.9 Å². The Morgan fingerprint density at radius 1 is 1.03 bits per heavy atom. The number of nitrogens with one attached hydrogen (secondary N) is 2. The van der Waals surface area contributed by atoms with Gasteiger partial charge in [0.05, 0.1) is 24.6 Å². The molecule has 29 heavy (non-hydrogen) atoms. The molecule has 6 nitrogen and oxygen atoms in total. The Labute approximate surface area is 167 Å². The lowest BCUT2D eigenvalue weighted by atomic mass is 10.1. The van der Waals surface area contributed by atoms with E-state index in [4.69, 9.17) is 0 Å². The van der Waals surface area contributed by atoms with Gasteiger partial charge in [0.1, 0.15) is 11.5 Å². The summed E-state index contributed by atoms with van der Waals surface area (Å²) in [5, 5.41) is 5.85. The number of carbonyl (C=O) groups excluding carboxylic acids is 2. The van der Waals surface area contributed by atoms with Crippen LogP contribution in [0, 0.1) is 5.82 Å². The predicted molar refractivity (Wildman–Crippen MR) is 109 cm³/mol. The molecule has 2 aromatic carbocycles. The highest BCUT2D eigenvalue weighted by Crippen LogP contribution is 2.14. The summed E-state index contributed by atoms with van der Waals surface area (Å²) in [5.74, 6) is -1.11. The van der Waals surface area contributed by atoms with E-state index in [1.54, 1.807) is 54.7 Å². The van der Waals surface area contributed by atoms with Gasteiger partial charge in [-0.05, 0) is 48.4 Å². The number of anilines is 2. The van der Waals surface area contributed by atoms with Crippen molar-refractivity contribution >= 4 is 23.3 Å². The summed E-state index contributed by atoms with van der Waals surface area (Å²) in [5.41, 5.74) is 2.40. The number of ether oxygens (including phenoxy) is 1. The van der Waals surface area contributed by atoms with Gasteiger partial charge >= 0.3 is 5.97 Å². The second kappa shape index (κ2) is 9.45. The van der Waals surface area contributed by atoms with Gasteiger partial charge in [0.2, 0.25) is 0 Å². The fraction of sp³-hybridized carbons (Fsp3) is 0.136. The normalized spacial score (nSPS) is 10.3. The van der Waals surface area contributed by atoms with Crippen molar-refractivity contribution in [3.8, 4) is 0 Å². The maximum Gasteiger partial charge on any atom is 0.337 e. The third-order valence-corrected chi connectivity index (χ3v) is 4.22. The number of halogens is 1. The van der Waals surface area contributed by atoms with Crippen molar-refractivity contribution in [2.24, 2.45) is 0 Å². The van der Waals surface area contributed by atoms with E-state index in [2.05, 4.69) is 20.4 Å². The Morgan fingerprint density at radius 2 is 1.86 bits per heavy atom. The first-order valence-electron chi connectivity index (χ1n) is 9.00. The topological polar surface area (TPSA) is 80.3 Å². The van der Waals surface area contributed by atoms with E-state index in [0.29, 0.717) is 29.8 Å². The van der Waals surface area contributed by atoms with E-state index in [0.717, 1.165) is 5.69 Å². The van der Waals surface area contributed by atoms with Crippen LogP contribution in [0.4, 0.5) is 15.8 Å². The maximum atomic E-state index is 13.6. The molecule has 0 unspecified atom stereocenters. The number of carbonyl (C=O) groups is 2. The van der Waals surface area contributed by atoms with Gasteiger partial charge in [-0.3, -0.25) is 4.79 Å². The molecule has 0 atom stereocenters. The zero-order valence-corrected chi connectivity index (χ0v) is 15.8. The van der Waals surface area contributed by atoms with Gasteiger partial charge in [-0.1, -0.05) is 24.3 Å². The van der Waals surface area contributed by atoms with Crippen LogP contribution < -0.4 is 10.6 Å². The zero-order valence-electron chi connectivity index (χ0n) is 15.8. The van der Waals surface area contributed by atoms with E-state index in [9.17, 15) is 14.0 Å². The average Bonchev–Trinajstić information content (AvgIpc) is 2.75. The monoisotopic (exact) mass is 393 g/mol. The zero-order chi connectivity index (χ0) is 20.6. The molecule has 0 bridgehead atoms. The molecule has 1 heterocycles. The molecule has 0 aliphatic carbocycles. The average molecular weight is 393 g/mol. The van der Waals surface area contributed by atoms with Crippen molar-refractivity contribution in [2.45, 2.75) is 6.42 Å². The Bertz CT molecular complexity index is 1010. The number of methoxy groups -OCH3 is 1. The Kier molecular flexibility index (Phi) is 6.52. The minimum atomic E-state index is -0.481. The van der Waals surface area contributed by atoms with Gasteiger partial charge in [-0.15, -0.1) is 0 Å². The maximum absolute atomic E-state index is 13.6. The van der Waals surface area contributed by atoms with E-state index in [1.807, 2.05) is 0 Å². The molecule has 0 aliphatic heterocycles. The standard InChI is InChI=1S/C22H20FN3O3/c1-29-22(28)16-6-4-7-17(13-16)26-21(27)20-10-9-18(14-25-20)24-12-11-15-5-2-3-8-19(15)23/h2-10,13-14,24H,11-12H2,1H3,(H,26,27). The summed E-state index contributed by atoms with van der Waals surface area (Å²) in [6, 6.07) is 16.4. The van der Waals surface area contributed by atoms with E-state index < -0.39 is 11.9 Å². The van der Waals surface area contributed by atoms with E-state index in [-0.39, 0.29) is 11.5 Å². The smallest absolute Gasteiger partial charge is 0.337 e. The minimum absolute atomic E-state index is 0.226. The summed E-state index contributed by atoms with van der Waals surface area (Å²) in [6.45, 7) is 0.536. The molecule has 1 aromatic heterocycles. The molecule has 0 radical (unpaired) electrons. The molecule has 1 amide bonds. The lowest BCUT2D eigenvalue weighted by Crippen LogP contribution is -2.14. The summed E-state index contributed by atoms with van der Waals surface area (Å²) in [4.78, 5) is 28.1. The molecule has 3 aromatic rings. The van der Waals surface area contributed by atoms with Crippen LogP contribution in [-0.2, 0) is 11.2 Å².